The van der Waals surface area contributed by atoms with Crippen LogP contribution in [-0.4, -0.2) is 35.2 Å². The second-order valence-corrected chi connectivity index (χ2v) is 6.21. The van der Waals surface area contributed by atoms with Gasteiger partial charge < -0.3 is 4.84 Å². The van der Waals surface area contributed by atoms with Gasteiger partial charge in [-0.3, -0.25) is 0 Å². The summed E-state index contributed by atoms with van der Waals surface area (Å²) in [5, 5.41) is 3.94. The van der Waals surface area contributed by atoms with Crippen molar-refractivity contribution < 1.29 is 4.84 Å². The largest absolute Gasteiger partial charge is 0.392 e. The highest BCUT2D eigenvalue weighted by Crippen LogP contribution is 2.30. The molecule has 0 N–H and O–H groups in total. The summed E-state index contributed by atoms with van der Waals surface area (Å²) >= 11 is 3.29. The molecule has 0 aromatic heterocycles. The molecule has 3 heterocycles. The van der Waals surface area contributed by atoms with Crippen LogP contribution in [-0.2, 0) is 4.84 Å². The third-order valence-corrected chi connectivity index (χ3v) is 4.93. The summed E-state index contributed by atoms with van der Waals surface area (Å²) in [5.41, 5.74) is 2.23. The molecular weight excluding hydrogens is 266 g/mol. The molecule has 0 saturated carbocycles. The van der Waals surface area contributed by atoms with Crippen LogP contribution in [0.3, 0.4) is 0 Å². The molecule has 97 valence electrons. The van der Waals surface area contributed by atoms with E-state index < -0.39 is 0 Å². The summed E-state index contributed by atoms with van der Waals surface area (Å²) in [6.07, 6.45) is 8.64. The first-order valence-corrected chi connectivity index (χ1v) is 8.23. The van der Waals surface area contributed by atoms with Crippen LogP contribution >= 0.6 is 23.9 Å². The van der Waals surface area contributed by atoms with E-state index >= 15 is 0 Å². The minimum absolute atomic E-state index is 0.213. The van der Waals surface area contributed by atoms with Crippen LogP contribution < -0.4 is 0 Å². The topological polar surface area (TPSA) is 46.3 Å². The van der Waals surface area contributed by atoms with Gasteiger partial charge >= 0.3 is 0 Å². The van der Waals surface area contributed by atoms with Crippen molar-refractivity contribution in [2.24, 2.45) is 19.9 Å². The van der Waals surface area contributed by atoms with E-state index in [0.717, 1.165) is 42.2 Å². The summed E-state index contributed by atoms with van der Waals surface area (Å²) in [7, 11) is 0. The SMILES string of the molecule is [CH]1C(C2=NSCCC2)=NSCC1C1CCC=NO1. The maximum Gasteiger partial charge on any atom is 0.132 e. The minimum atomic E-state index is 0.213. The molecule has 18 heavy (non-hydrogen) atoms. The summed E-state index contributed by atoms with van der Waals surface area (Å²) in [5.74, 6) is 2.53. The molecule has 0 aromatic carbocycles. The van der Waals surface area contributed by atoms with Crippen molar-refractivity contribution >= 4 is 41.5 Å². The van der Waals surface area contributed by atoms with Gasteiger partial charge in [-0.05, 0) is 49.6 Å². The smallest absolute Gasteiger partial charge is 0.132 e. The van der Waals surface area contributed by atoms with E-state index in [1.54, 1.807) is 23.9 Å². The molecule has 0 saturated heterocycles. The van der Waals surface area contributed by atoms with Crippen molar-refractivity contribution in [3.63, 3.8) is 0 Å². The van der Waals surface area contributed by atoms with Crippen molar-refractivity contribution in [3.05, 3.63) is 6.42 Å². The van der Waals surface area contributed by atoms with Crippen molar-refractivity contribution in [1.29, 1.82) is 0 Å². The van der Waals surface area contributed by atoms with Crippen LogP contribution in [0.1, 0.15) is 25.7 Å². The molecule has 0 amide bonds. The van der Waals surface area contributed by atoms with Crippen LogP contribution in [0.25, 0.3) is 0 Å². The average Bonchev–Trinajstić information content (AvgIpc) is 2.49. The lowest BCUT2D eigenvalue weighted by Gasteiger charge is -2.29. The Balaban J connectivity index is 1.65. The van der Waals surface area contributed by atoms with E-state index in [1.807, 2.05) is 6.21 Å². The van der Waals surface area contributed by atoms with Gasteiger partial charge in [0.25, 0.3) is 0 Å². The molecule has 2 atom stereocenters. The molecule has 0 spiro atoms. The third-order valence-electron chi connectivity index (χ3n) is 3.25. The van der Waals surface area contributed by atoms with E-state index in [4.69, 9.17) is 4.84 Å². The van der Waals surface area contributed by atoms with Gasteiger partial charge in [-0.2, -0.15) is 0 Å². The van der Waals surface area contributed by atoms with Crippen molar-refractivity contribution in [2.75, 3.05) is 11.5 Å². The second kappa shape index (κ2) is 6.10. The van der Waals surface area contributed by atoms with E-state index in [1.165, 1.54) is 6.42 Å². The van der Waals surface area contributed by atoms with Crippen LogP contribution in [0.5, 0.6) is 0 Å². The molecule has 0 bridgehead atoms. The number of rotatable bonds is 2. The molecule has 0 aromatic rings. The fourth-order valence-electron chi connectivity index (χ4n) is 2.24. The first-order chi connectivity index (χ1) is 8.93. The van der Waals surface area contributed by atoms with Crippen molar-refractivity contribution in [3.8, 4) is 0 Å². The highest BCUT2D eigenvalue weighted by Gasteiger charge is 2.30. The van der Waals surface area contributed by atoms with Gasteiger partial charge in [0.1, 0.15) is 6.10 Å². The lowest BCUT2D eigenvalue weighted by molar-refractivity contribution is 0.0209. The zero-order valence-electron chi connectivity index (χ0n) is 10.1. The number of hydrogen-bond acceptors (Lipinski definition) is 6. The Morgan fingerprint density at radius 3 is 3.06 bits per heavy atom. The Morgan fingerprint density at radius 2 is 2.28 bits per heavy atom. The molecule has 0 fully saturated rings. The summed E-state index contributed by atoms with van der Waals surface area (Å²) in [4.78, 5) is 5.48. The van der Waals surface area contributed by atoms with E-state index in [2.05, 4.69) is 20.4 Å². The van der Waals surface area contributed by atoms with Gasteiger partial charge in [0.15, 0.2) is 0 Å². The van der Waals surface area contributed by atoms with Gasteiger partial charge in [0.2, 0.25) is 0 Å². The number of nitrogens with zero attached hydrogens (tertiary/aromatic N) is 3. The quantitative estimate of drug-likeness (QED) is 0.732. The van der Waals surface area contributed by atoms with Gasteiger partial charge in [-0.1, -0.05) is 5.16 Å². The zero-order chi connectivity index (χ0) is 12.2. The van der Waals surface area contributed by atoms with E-state index in [-0.39, 0.29) is 6.10 Å². The fraction of sp³-hybridized carbons (Fsp3) is 0.667. The second-order valence-electron chi connectivity index (χ2n) is 4.59. The Labute approximate surface area is 116 Å². The van der Waals surface area contributed by atoms with Gasteiger partial charge in [0, 0.05) is 30.1 Å². The first-order valence-electron chi connectivity index (χ1n) is 6.35. The Bertz CT molecular complexity index is 395. The third kappa shape index (κ3) is 2.91. The maximum absolute atomic E-state index is 5.48. The number of hydrogen-bond donors (Lipinski definition) is 0. The van der Waals surface area contributed by atoms with Crippen LogP contribution in [0.2, 0.25) is 0 Å². The standard InChI is InChI=1S/C12H16N3OS2/c1-4-12(16-13-5-1)9-7-11(15-18-8-9)10-3-2-6-17-14-10/h5,7,9,12H,1-4,6,8H2. The fourth-order valence-corrected chi connectivity index (χ4v) is 3.81. The summed E-state index contributed by atoms with van der Waals surface area (Å²) in [6, 6.07) is 0. The molecule has 3 rings (SSSR count). The monoisotopic (exact) mass is 282 g/mol. The Kier molecular flexibility index (Phi) is 4.25. The maximum atomic E-state index is 5.48. The van der Waals surface area contributed by atoms with Crippen LogP contribution in [0.4, 0.5) is 0 Å². The Hall–Kier alpha value is -0.490. The predicted molar refractivity (Wildman–Crippen MR) is 79.4 cm³/mol. The van der Waals surface area contributed by atoms with Crippen LogP contribution in [0, 0.1) is 12.3 Å². The van der Waals surface area contributed by atoms with Gasteiger partial charge in [-0.15, -0.1) is 0 Å². The minimum Gasteiger partial charge on any atom is -0.392 e. The zero-order valence-corrected chi connectivity index (χ0v) is 11.8. The lowest BCUT2D eigenvalue weighted by Crippen LogP contribution is -2.33. The van der Waals surface area contributed by atoms with Gasteiger partial charge in [-0.25, -0.2) is 8.80 Å². The molecule has 0 aliphatic carbocycles. The predicted octanol–water partition coefficient (Wildman–Crippen LogP) is 2.96. The van der Waals surface area contributed by atoms with Gasteiger partial charge in [0.05, 0.1) is 11.4 Å². The number of oxime groups is 1. The molecule has 3 aliphatic heterocycles. The van der Waals surface area contributed by atoms with Crippen LogP contribution in [0.15, 0.2) is 14.0 Å². The summed E-state index contributed by atoms with van der Waals surface area (Å²) in [6.45, 7) is 0. The van der Waals surface area contributed by atoms with Crippen molar-refractivity contribution in [1.82, 2.24) is 0 Å². The Morgan fingerprint density at radius 1 is 1.28 bits per heavy atom. The van der Waals surface area contributed by atoms with E-state index in [0.29, 0.717) is 5.92 Å². The highest BCUT2D eigenvalue weighted by atomic mass is 32.2. The highest BCUT2D eigenvalue weighted by molar-refractivity contribution is 7.98. The molecule has 3 aliphatic rings. The molecule has 4 nitrogen and oxygen atoms in total. The lowest BCUT2D eigenvalue weighted by atomic mass is 9.92. The normalized spacial score (nSPS) is 32.4. The molecule has 6 heteroatoms. The average molecular weight is 282 g/mol. The van der Waals surface area contributed by atoms with E-state index in [9.17, 15) is 0 Å². The molecule has 1 radical (unpaired) electrons. The van der Waals surface area contributed by atoms with Crippen molar-refractivity contribution in [2.45, 2.75) is 31.8 Å². The first kappa shape index (κ1) is 12.5. The molecular formula is C12H16N3OS2. The molecule has 2 unspecified atom stereocenters. The summed E-state index contributed by atoms with van der Waals surface area (Å²) < 4.78 is 9.06.